The summed E-state index contributed by atoms with van der Waals surface area (Å²) in [6, 6.07) is 6.54. The van der Waals surface area contributed by atoms with Crippen molar-refractivity contribution in [3.8, 4) is 45.6 Å². The number of phenolic OH excluding ortho intramolecular Hbond substituents is 3. The van der Waals surface area contributed by atoms with E-state index in [2.05, 4.69) is 9.47 Å². The number of hydrogen-bond donors (Lipinski definition) is 7. The number of rotatable bonds is 5. The van der Waals surface area contributed by atoms with Gasteiger partial charge in [-0.25, -0.2) is 14.4 Å². The molecule has 17 heteroatoms. The molecule has 1 saturated heterocycles. The fourth-order valence-electron chi connectivity index (χ4n) is 3.80. The van der Waals surface area contributed by atoms with Crippen molar-refractivity contribution in [1.82, 2.24) is 0 Å². The quantitative estimate of drug-likeness (QED) is 0.0576. The summed E-state index contributed by atoms with van der Waals surface area (Å²) in [5.41, 5.74) is -0.590. The summed E-state index contributed by atoms with van der Waals surface area (Å²) in [4.78, 5) is 54.6. The van der Waals surface area contributed by atoms with Gasteiger partial charge < -0.3 is 63.9 Å². The predicted octanol–water partition coefficient (Wildman–Crippen LogP) is -1.61. The van der Waals surface area contributed by atoms with E-state index in [1.54, 1.807) is 0 Å². The molecule has 0 spiro atoms. The van der Waals surface area contributed by atoms with E-state index >= 15 is 0 Å². The van der Waals surface area contributed by atoms with E-state index in [1.807, 2.05) is 0 Å². The summed E-state index contributed by atoms with van der Waals surface area (Å²) in [6.45, 7) is -0.930. The molecule has 17 nitrogen and oxygen atoms in total. The molecule has 0 radical (unpaired) electrons. The summed E-state index contributed by atoms with van der Waals surface area (Å²) in [6.07, 6.45) is -9.33. The van der Waals surface area contributed by atoms with E-state index < -0.39 is 83.9 Å². The highest BCUT2D eigenvalue weighted by Gasteiger charge is 2.47. The Morgan fingerprint density at radius 2 is 1.60 bits per heavy atom. The average Bonchev–Trinajstić information content (AvgIpc) is 2.93. The van der Waals surface area contributed by atoms with Crippen molar-refractivity contribution in [2.24, 2.45) is 0 Å². The van der Waals surface area contributed by atoms with Gasteiger partial charge in [0.2, 0.25) is 12.9 Å². The van der Waals surface area contributed by atoms with Crippen molar-refractivity contribution in [3.05, 3.63) is 46.6 Å². The number of esters is 3. The highest BCUT2D eigenvalue weighted by atomic mass is 16.7. The standard InChI is InChI=1S/C25H20O17/c26-9-4-12(28)10-6-15(20(39-14(10)5-9)8-1-2-11(27)13(29)3-8)40-25-19(32)18(31)17(30)16(41-25)7-38-23(36)24(37)42-22(35)21(33)34/h1-6,16-19,25,27-32H,7H2,(H,33,34)/p+1/t16-,17-,18+,19+,25-/m1/s1. The van der Waals surface area contributed by atoms with Gasteiger partial charge in [0.15, 0.2) is 34.5 Å². The highest BCUT2D eigenvalue weighted by molar-refractivity contribution is 6.38. The Labute approximate surface area is 232 Å². The van der Waals surface area contributed by atoms with Crippen LogP contribution in [0.1, 0.15) is 0 Å². The SMILES string of the molecule is O=C(O)C(=O)OC(=O)C(=[OH+])OC[C@H]1O[C@@H](Oc2cc3c(O)cc(=O)cc-3oc2-c2ccc(O)c(O)c2)[C@@H](O)[C@@H](O)[C@@H]1O. The first kappa shape index (κ1) is 29.7. The topological polar surface area (TPSA) is 281 Å². The minimum absolute atomic E-state index is 0.0453. The molecule has 1 aromatic carbocycles. The second-order valence-corrected chi connectivity index (χ2v) is 8.73. The zero-order valence-corrected chi connectivity index (χ0v) is 20.8. The fraction of sp³-hybridized carbons (Fsp3) is 0.240. The largest absolute Gasteiger partial charge is 0.599 e. The normalized spacial score (nSPS) is 21.8. The zero-order valence-electron chi connectivity index (χ0n) is 20.8. The van der Waals surface area contributed by atoms with Crippen LogP contribution in [0.5, 0.6) is 23.0 Å². The molecule has 8 N–H and O–H groups in total. The van der Waals surface area contributed by atoms with Crippen LogP contribution >= 0.6 is 0 Å². The molecular formula is C25H21O17+. The summed E-state index contributed by atoms with van der Waals surface area (Å²) in [5, 5.41) is 69.6. The Bertz CT molecular complexity index is 1580. The number of aromatic hydroxyl groups is 3. The number of aliphatic carboxylic acids is 1. The van der Waals surface area contributed by atoms with Gasteiger partial charge in [-0.05, 0) is 24.3 Å². The Balaban J connectivity index is 1.63. The molecule has 0 saturated carbocycles. The first-order valence-corrected chi connectivity index (χ1v) is 11.6. The molecule has 2 aliphatic heterocycles. The number of benzene rings is 2. The average molecular weight is 593 g/mol. The zero-order chi connectivity index (χ0) is 30.9. The van der Waals surface area contributed by atoms with Crippen LogP contribution in [0.4, 0.5) is 0 Å². The first-order chi connectivity index (χ1) is 19.8. The monoisotopic (exact) mass is 593 g/mol. The molecular weight excluding hydrogens is 572 g/mol. The minimum Gasteiger partial charge on any atom is -0.507 e. The number of aliphatic hydroxyl groups is 3. The van der Waals surface area contributed by atoms with Crippen LogP contribution in [-0.4, -0.2) is 102 Å². The number of phenols is 3. The van der Waals surface area contributed by atoms with Crippen LogP contribution < -0.4 is 10.2 Å². The Morgan fingerprint density at radius 3 is 2.26 bits per heavy atom. The van der Waals surface area contributed by atoms with Gasteiger partial charge in [0, 0.05) is 17.7 Å². The van der Waals surface area contributed by atoms with Gasteiger partial charge in [0.05, 0.1) is 5.56 Å². The third-order valence-corrected chi connectivity index (χ3v) is 5.87. The smallest absolute Gasteiger partial charge is 0.507 e. The first-order valence-electron chi connectivity index (χ1n) is 11.6. The van der Waals surface area contributed by atoms with Crippen LogP contribution in [0.2, 0.25) is 0 Å². The van der Waals surface area contributed by atoms with Crippen molar-refractivity contribution in [2.45, 2.75) is 30.7 Å². The molecule has 1 fully saturated rings. The maximum absolute atomic E-state index is 11.9. The summed E-state index contributed by atoms with van der Waals surface area (Å²) >= 11 is 0. The van der Waals surface area contributed by atoms with Crippen LogP contribution in [0.25, 0.3) is 22.6 Å². The number of carbonyl (C=O) groups excluding carboxylic acids is 3. The third-order valence-electron chi connectivity index (χ3n) is 5.87. The number of hydrogen-bond acceptors (Lipinski definition) is 15. The molecule has 2 heterocycles. The van der Waals surface area contributed by atoms with Gasteiger partial charge in [-0.2, -0.15) is 0 Å². The molecule has 0 amide bonds. The van der Waals surface area contributed by atoms with Crippen LogP contribution in [0, 0.1) is 0 Å². The van der Waals surface area contributed by atoms with Gasteiger partial charge in [-0.15, -0.1) is 0 Å². The summed E-state index contributed by atoms with van der Waals surface area (Å²) < 4.78 is 25.4. The van der Waals surface area contributed by atoms with Crippen molar-refractivity contribution in [1.29, 1.82) is 0 Å². The van der Waals surface area contributed by atoms with Gasteiger partial charge in [-0.1, -0.05) is 0 Å². The number of ether oxygens (including phenoxy) is 4. The van der Waals surface area contributed by atoms with Gasteiger partial charge in [-0.3, -0.25) is 4.79 Å². The molecule has 0 unspecified atom stereocenters. The van der Waals surface area contributed by atoms with E-state index in [1.165, 1.54) is 12.1 Å². The predicted molar refractivity (Wildman–Crippen MR) is 131 cm³/mol. The number of aliphatic hydroxyl groups excluding tert-OH is 3. The number of carbonyl (C=O) groups is 3. The lowest BCUT2D eigenvalue weighted by Crippen LogP contribution is -2.60. The second kappa shape index (κ2) is 11.7. The van der Waals surface area contributed by atoms with Gasteiger partial charge in [0.25, 0.3) is 0 Å². The van der Waals surface area contributed by atoms with E-state index in [4.69, 9.17) is 19.0 Å². The molecule has 3 aliphatic rings. The fourth-order valence-corrected chi connectivity index (χ4v) is 3.80. The van der Waals surface area contributed by atoms with Crippen molar-refractivity contribution in [3.63, 3.8) is 0 Å². The summed E-state index contributed by atoms with van der Waals surface area (Å²) in [5.74, 6) is -9.87. The molecule has 5 atom stereocenters. The Hall–Kier alpha value is -5.23. The molecule has 1 aliphatic carbocycles. The summed E-state index contributed by atoms with van der Waals surface area (Å²) in [7, 11) is 0. The Kier molecular flexibility index (Phi) is 8.29. The van der Waals surface area contributed by atoms with Crippen molar-refractivity contribution in [2.75, 3.05) is 6.61 Å². The molecule has 1 aromatic rings. The van der Waals surface area contributed by atoms with E-state index in [0.29, 0.717) is 0 Å². The third kappa shape index (κ3) is 6.08. The number of carboxylic acid groups (broad SMARTS) is 1. The maximum Gasteiger partial charge on any atom is 0.599 e. The van der Waals surface area contributed by atoms with Gasteiger partial charge in [0.1, 0.15) is 29.8 Å². The highest BCUT2D eigenvalue weighted by Crippen LogP contribution is 2.43. The molecule has 0 bridgehead atoms. The van der Waals surface area contributed by atoms with Crippen molar-refractivity contribution < 1.29 is 78.3 Å². The van der Waals surface area contributed by atoms with Crippen molar-refractivity contribution >= 4 is 23.9 Å². The minimum atomic E-state index is -2.14. The van der Waals surface area contributed by atoms with Crippen LogP contribution in [0.3, 0.4) is 0 Å². The van der Waals surface area contributed by atoms with Crippen LogP contribution in [-0.2, 0) is 28.6 Å². The lowest BCUT2D eigenvalue weighted by atomic mass is 9.99. The lowest BCUT2D eigenvalue weighted by Gasteiger charge is -2.39. The number of fused-ring (bicyclic) bond motifs is 1. The van der Waals surface area contributed by atoms with E-state index in [9.17, 15) is 54.6 Å². The maximum atomic E-state index is 11.9. The molecule has 4 rings (SSSR count). The molecule has 222 valence electrons. The van der Waals surface area contributed by atoms with E-state index in [0.717, 1.165) is 24.3 Å². The number of carboxylic acids is 1. The van der Waals surface area contributed by atoms with Gasteiger partial charge >= 0.3 is 23.9 Å². The molecule has 42 heavy (non-hydrogen) atoms. The molecule has 0 aromatic heterocycles. The second-order valence-electron chi connectivity index (χ2n) is 8.73. The van der Waals surface area contributed by atoms with Crippen LogP contribution in [0.15, 0.2) is 45.6 Å². The van der Waals surface area contributed by atoms with E-state index in [-0.39, 0.29) is 28.4 Å². The lowest BCUT2D eigenvalue weighted by molar-refractivity contribution is -0.277. The Morgan fingerprint density at radius 1 is 0.881 bits per heavy atom.